The Bertz CT molecular complexity index is 1070. The van der Waals surface area contributed by atoms with Gasteiger partial charge < -0.3 is 14.6 Å². The fraction of sp³-hybridized carbons (Fsp3) is 0.333. The van der Waals surface area contributed by atoms with Crippen molar-refractivity contribution in [2.45, 2.75) is 37.6 Å². The number of carbonyl (C=O) groups excluding carboxylic acids is 1. The van der Waals surface area contributed by atoms with Crippen LogP contribution in [-0.2, 0) is 13.0 Å². The molecule has 0 fully saturated rings. The minimum atomic E-state index is -4.50. The number of benzene rings is 1. The van der Waals surface area contributed by atoms with Gasteiger partial charge in [0, 0.05) is 19.5 Å². The van der Waals surface area contributed by atoms with Crippen LogP contribution in [0.4, 0.5) is 19.0 Å². The van der Waals surface area contributed by atoms with Gasteiger partial charge in [0.15, 0.2) is 6.04 Å². The highest BCUT2D eigenvalue weighted by atomic mass is 19.4. The minimum Gasteiger partial charge on any atom is -0.467 e. The first-order chi connectivity index (χ1) is 14.4. The van der Waals surface area contributed by atoms with Crippen LogP contribution in [0.2, 0.25) is 0 Å². The molecule has 2 aliphatic rings. The zero-order chi connectivity index (χ0) is 20.9. The summed E-state index contributed by atoms with van der Waals surface area (Å²) in [5.74, 6) is 0.134. The van der Waals surface area contributed by atoms with Crippen LogP contribution in [0.5, 0.6) is 0 Å². The number of aromatic nitrogens is 2. The second-order valence-corrected chi connectivity index (χ2v) is 7.60. The summed E-state index contributed by atoms with van der Waals surface area (Å²) in [5.41, 5.74) is 2.37. The summed E-state index contributed by atoms with van der Waals surface area (Å²) < 4.78 is 47.5. The number of rotatable bonds is 2. The molecule has 0 spiro atoms. The quantitative estimate of drug-likeness (QED) is 0.675. The lowest BCUT2D eigenvalue weighted by molar-refractivity contribution is -0.174. The van der Waals surface area contributed by atoms with E-state index < -0.39 is 18.3 Å². The Kier molecular flexibility index (Phi) is 4.34. The van der Waals surface area contributed by atoms with Gasteiger partial charge in [-0.1, -0.05) is 24.3 Å². The molecule has 30 heavy (non-hydrogen) atoms. The van der Waals surface area contributed by atoms with E-state index in [2.05, 4.69) is 10.4 Å². The molecule has 0 aliphatic carbocycles. The first-order valence-corrected chi connectivity index (χ1v) is 9.72. The van der Waals surface area contributed by atoms with Gasteiger partial charge in [0.25, 0.3) is 5.91 Å². The molecule has 0 saturated heterocycles. The number of anilines is 1. The number of carbonyl (C=O) groups is 1. The van der Waals surface area contributed by atoms with E-state index in [9.17, 15) is 18.0 Å². The van der Waals surface area contributed by atoms with E-state index in [1.165, 1.54) is 18.0 Å². The van der Waals surface area contributed by atoms with E-state index in [1.807, 2.05) is 24.3 Å². The van der Waals surface area contributed by atoms with Crippen molar-refractivity contribution in [2.75, 3.05) is 11.9 Å². The topological polar surface area (TPSA) is 63.3 Å². The molecule has 4 heterocycles. The number of halogens is 3. The standard InChI is InChI=1S/C21H19F3N4O2/c22-21(23,24)18-10-16(17-6-3-9-30-17)26-19-15(11-25-28(18)19)20(29)27-8-7-13-4-1-2-5-14(13)12-27/h1-6,9,11,16,18,26H,7-8,10,12H2/t16-,18+/m0/s1. The molecular formula is C21H19F3N4O2. The summed E-state index contributed by atoms with van der Waals surface area (Å²) >= 11 is 0. The van der Waals surface area contributed by atoms with Gasteiger partial charge in [-0.2, -0.15) is 18.3 Å². The van der Waals surface area contributed by atoms with Crippen molar-refractivity contribution in [3.63, 3.8) is 0 Å². The van der Waals surface area contributed by atoms with Gasteiger partial charge >= 0.3 is 6.18 Å². The lowest BCUT2D eigenvalue weighted by Crippen LogP contribution is -2.38. The van der Waals surface area contributed by atoms with Gasteiger partial charge in [-0.25, -0.2) is 4.68 Å². The Morgan fingerprint density at radius 1 is 1.17 bits per heavy atom. The van der Waals surface area contributed by atoms with Crippen LogP contribution in [-0.4, -0.2) is 33.3 Å². The molecule has 1 amide bonds. The molecule has 0 unspecified atom stereocenters. The maximum absolute atomic E-state index is 13.8. The van der Waals surface area contributed by atoms with Crippen molar-refractivity contribution in [3.8, 4) is 0 Å². The number of fused-ring (bicyclic) bond motifs is 2. The highest BCUT2D eigenvalue weighted by Gasteiger charge is 2.48. The number of nitrogens with zero attached hydrogens (tertiary/aromatic N) is 3. The number of amides is 1. The molecule has 5 rings (SSSR count). The van der Waals surface area contributed by atoms with Crippen molar-refractivity contribution in [2.24, 2.45) is 0 Å². The number of alkyl halides is 3. The van der Waals surface area contributed by atoms with Crippen LogP contribution in [0.3, 0.4) is 0 Å². The largest absolute Gasteiger partial charge is 0.467 e. The molecule has 9 heteroatoms. The summed E-state index contributed by atoms with van der Waals surface area (Å²) in [6.07, 6.45) is -1.41. The molecule has 156 valence electrons. The number of furan rings is 1. The molecule has 1 aromatic carbocycles. The van der Waals surface area contributed by atoms with E-state index in [4.69, 9.17) is 4.42 Å². The van der Waals surface area contributed by atoms with Crippen LogP contribution in [0, 0.1) is 0 Å². The predicted octanol–water partition coefficient (Wildman–Crippen LogP) is 4.33. The lowest BCUT2D eigenvalue weighted by Gasteiger charge is -2.33. The molecule has 1 N–H and O–H groups in total. The van der Waals surface area contributed by atoms with E-state index in [0.717, 1.165) is 10.2 Å². The molecule has 0 saturated carbocycles. The van der Waals surface area contributed by atoms with Gasteiger partial charge in [-0.15, -0.1) is 0 Å². The minimum absolute atomic E-state index is 0.0776. The van der Waals surface area contributed by atoms with Crippen LogP contribution in [0.15, 0.2) is 53.3 Å². The third-order valence-electron chi connectivity index (χ3n) is 5.77. The highest BCUT2D eigenvalue weighted by Crippen LogP contribution is 2.44. The molecule has 2 atom stereocenters. The van der Waals surface area contributed by atoms with Gasteiger partial charge in [-0.3, -0.25) is 4.79 Å². The zero-order valence-electron chi connectivity index (χ0n) is 15.9. The Morgan fingerprint density at radius 3 is 2.70 bits per heavy atom. The third kappa shape index (κ3) is 3.14. The van der Waals surface area contributed by atoms with Crippen molar-refractivity contribution in [1.82, 2.24) is 14.7 Å². The number of nitrogens with one attached hydrogen (secondary N) is 1. The van der Waals surface area contributed by atoms with E-state index in [0.29, 0.717) is 25.3 Å². The molecule has 2 aromatic heterocycles. The average molecular weight is 416 g/mol. The summed E-state index contributed by atoms with van der Waals surface area (Å²) in [5, 5.41) is 6.99. The molecular weight excluding hydrogens is 397 g/mol. The zero-order valence-corrected chi connectivity index (χ0v) is 15.9. The Labute approximate surface area is 170 Å². The fourth-order valence-electron chi connectivity index (χ4n) is 4.23. The molecule has 0 bridgehead atoms. The van der Waals surface area contributed by atoms with Crippen molar-refractivity contribution < 1.29 is 22.4 Å². The van der Waals surface area contributed by atoms with E-state index in [-0.39, 0.29) is 23.7 Å². The second kappa shape index (κ2) is 6.93. The monoisotopic (exact) mass is 416 g/mol. The van der Waals surface area contributed by atoms with Crippen LogP contribution in [0.25, 0.3) is 0 Å². The number of hydrogen-bond donors (Lipinski definition) is 1. The van der Waals surface area contributed by atoms with Gasteiger partial charge in [0.1, 0.15) is 17.1 Å². The normalized spacial score (nSPS) is 21.0. The number of hydrogen-bond acceptors (Lipinski definition) is 4. The predicted molar refractivity (Wildman–Crippen MR) is 102 cm³/mol. The Balaban J connectivity index is 1.48. The third-order valence-corrected chi connectivity index (χ3v) is 5.77. The molecule has 6 nitrogen and oxygen atoms in total. The summed E-state index contributed by atoms with van der Waals surface area (Å²) in [6.45, 7) is 0.925. The van der Waals surface area contributed by atoms with Gasteiger partial charge in [0.2, 0.25) is 0 Å². The Hall–Kier alpha value is -3.23. The van der Waals surface area contributed by atoms with Crippen LogP contribution < -0.4 is 5.32 Å². The first kappa shape index (κ1) is 18.8. The highest BCUT2D eigenvalue weighted by molar-refractivity contribution is 5.99. The van der Waals surface area contributed by atoms with Crippen LogP contribution in [0.1, 0.15) is 45.7 Å². The summed E-state index contributed by atoms with van der Waals surface area (Å²) in [7, 11) is 0. The maximum Gasteiger partial charge on any atom is 0.410 e. The van der Waals surface area contributed by atoms with Crippen molar-refractivity contribution >= 4 is 11.7 Å². The van der Waals surface area contributed by atoms with Crippen LogP contribution >= 0.6 is 0 Å². The van der Waals surface area contributed by atoms with Gasteiger partial charge in [0.05, 0.1) is 18.5 Å². The molecule has 2 aliphatic heterocycles. The van der Waals surface area contributed by atoms with Crippen molar-refractivity contribution in [1.29, 1.82) is 0 Å². The lowest BCUT2D eigenvalue weighted by atomic mass is 9.99. The van der Waals surface area contributed by atoms with Crippen molar-refractivity contribution in [3.05, 3.63) is 71.3 Å². The van der Waals surface area contributed by atoms with E-state index in [1.54, 1.807) is 17.0 Å². The summed E-state index contributed by atoms with van der Waals surface area (Å²) in [6, 6.07) is 8.58. The Morgan fingerprint density at radius 2 is 1.97 bits per heavy atom. The maximum atomic E-state index is 13.8. The molecule has 3 aromatic rings. The first-order valence-electron chi connectivity index (χ1n) is 9.72. The molecule has 0 radical (unpaired) electrons. The smallest absolute Gasteiger partial charge is 0.410 e. The SMILES string of the molecule is O=C(c1cnn2c1N[C@H](c1ccco1)C[C@@H]2C(F)(F)F)N1CCc2ccccc2C1. The second-order valence-electron chi connectivity index (χ2n) is 7.60. The average Bonchev–Trinajstić information content (AvgIpc) is 3.41. The fourth-order valence-corrected chi connectivity index (χ4v) is 4.23. The summed E-state index contributed by atoms with van der Waals surface area (Å²) in [4.78, 5) is 14.9. The van der Waals surface area contributed by atoms with Gasteiger partial charge in [-0.05, 0) is 29.7 Å². The van der Waals surface area contributed by atoms with E-state index >= 15 is 0 Å².